The summed E-state index contributed by atoms with van der Waals surface area (Å²) < 4.78 is 0. The summed E-state index contributed by atoms with van der Waals surface area (Å²) in [5.41, 5.74) is 0. The average Bonchev–Trinajstić information content (AvgIpc) is 2.53. The van der Waals surface area contributed by atoms with Crippen LogP contribution in [0.5, 0.6) is 0 Å². The molecule has 0 radical (unpaired) electrons. The predicted molar refractivity (Wildman–Crippen MR) is 67.6 cm³/mol. The summed E-state index contributed by atoms with van der Waals surface area (Å²) in [7, 11) is 0. The molecule has 2 aliphatic heterocycles. The first-order valence-corrected chi connectivity index (χ1v) is 7.42. The molecule has 3 rings (SSSR count). The maximum atomic E-state index is 3.96. The number of rotatable bonds is 2. The molecule has 2 atom stereocenters. The van der Waals surface area contributed by atoms with E-state index in [4.69, 9.17) is 0 Å². The topological polar surface area (TPSA) is 24.1 Å². The lowest BCUT2D eigenvalue weighted by Gasteiger charge is -2.32. The van der Waals surface area contributed by atoms with Gasteiger partial charge >= 0.3 is 0 Å². The van der Waals surface area contributed by atoms with Gasteiger partial charge in [0.2, 0.25) is 0 Å². The zero-order valence-corrected chi connectivity index (χ0v) is 10.4. The van der Waals surface area contributed by atoms with Crippen LogP contribution in [0.1, 0.15) is 64.2 Å². The van der Waals surface area contributed by atoms with E-state index < -0.39 is 0 Å². The van der Waals surface area contributed by atoms with E-state index in [9.17, 15) is 0 Å². The number of piperidine rings is 1. The minimum atomic E-state index is 0.821. The molecule has 0 aromatic heterocycles. The van der Waals surface area contributed by atoms with E-state index in [1.54, 1.807) is 0 Å². The van der Waals surface area contributed by atoms with Crippen molar-refractivity contribution in [1.29, 1.82) is 0 Å². The molecule has 1 saturated carbocycles. The zero-order valence-electron chi connectivity index (χ0n) is 10.4. The molecule has 0 aromatic carbocycles. The smallest absolute Gasteiger partial charge is 0.00992 e. The SMILES string of the molecule is C1CCCC(NC2CC3CCC(C2)N3)CC1. The molecule has 0 aromatic rings. The Bertz CT molecular complexity index is 209. The Morgan fingerprint density at radius 2 is 1.31 bits per heavy atom. The second-order valence-corrected chi connectivity index (χ2v) is 6.16. The van der Waals surface area contributed by atoms with Crippen molar-refractivity contribution < 1.29 is 0 Å². The van der Waals surface area contributed by atoms with Crippen LogP contribution in [0.15, 0.2) is 0 Å². The minimum Gasteiger partial charge on any atom is -0.311 e. The summed E-state index contributed by atoms with van der Waals surface area (Å²) >= 11 is 0. The van der Waals surface area contributed by atoms with Gasteiger partial charge in [0.25, 0.3) is 0 Å². The fraction of sp³-hybridized carbons (Fsp3) is 1.00. The van der Waals surface area contributed by atoms with Crippen LogP contribution in [0, 0.1) is 0 Å². The van der Waals surface area contributed by atoms with Gasteiger partial charge in [-0.05, 0) is 38.5 Å². The lowest BCUT2D eigenvalue weighted by atomic mass is 9.97. The molecule has 2 N–H and O–H groups in total. The van der Waals surface area contributed by atoms with E-state index >= 15 is 0 Å². The summed E-state index contributed by atoms with van der Waals surface area (Å²) in [6.07, 6.45) is 14.3. The summed E-state index contributed by atoms with van der Waals surface area (Å²) in [6.45, 7) is 0. The van der Waals surface area contributed by atoms with Crippen LogP contribution in [-0.4, -0.2) is 24.2 Å². The van der Waals surface area contributed by atoms with Crippen LogP contribution >= 0.6 is 0 Å². The molecule has 16 heavy (non-hydrogen) atoms. The highest BCUT2D eigenvalue weighted by atomic mass is 15.1. The Hall–Kier alpha value is -0.0800. The molecule has 0 amide bonds. The van der Waals surface area contributed by atoms with E-state index in [0.717, 1.165) is 24.2 Å². The fourth-order valence-corrected chi connectivity index (χ4v) is 3.97. The third-order valence-corrected chi connectivity index (χ3v) is 4.80. The number of hydrogen-bond donors (Lipinski definition) is 2. The van der Waals surface area contributed by atoms with Gasteiger partial charge in [0.15, 0.2) is 0 Å². The van der Waals surface area contributed by atoms with Gasteiger partial charge in [0.05, 0.1) is 0 Å². The fourth-order valence-electron chi connectivity index (χ4n) is 3.97. The van der Waals surface area contributed by atoms with Crippen molar-refractivity contribution in [2.75, 3.05) is 0 Å². The van der Waals surface area contributed by atoms with Crippen LogP contribution in [0.4, 0.5) is 0 Å². The molecule has 3 fully saturated rings. The standard InChI is InChI=1S/C14H26N2/c1-2-4-6-11(5-3-1)15-14-9-12-7-8-13(10-14)16-12/h11-16H,1-10H2. The monoisotopic (exact) mass is 222 g/mol. The van der Waals surface area contributed by atoms with Crippen LogP contribution in [-0.2, 0) is 0 Å². The first-order valence-electron chi connectivity index (χ1n) is 7.42. The zero-order chi connectivity index (χ0) is 10.8. The largest absolute Gasteiger partial charge is 0.311 e. The summed E-state index contributed by atoms with van der Waals surface area (Å²) in [5.74, 6) is 0. The molecule has 2 saturated heterocycles. The van der Waals surface area contributed by atoms with Crippen LogP contribution in [0.2, 0.25) is 0 Å². The van der Waals surface area contributed by atoms with E-state index in [-0.39, 0.29) is 0 Å². The molecule has 2 heterocycles. The Labute approximate surface area is 99.6 Å². The normalized spacial score (nSPS) is 40.9. The van der Waals surface area contributed by atoms with Crippen LogP contribution in [0.25, 0.3) is 0 Å². The average molecular weight is 222 g/mol. The molecule has 2 unspecified atom stereocenters. The van der Waals surface area contributed by atoms with Gasteiger partial charge in [-0.3, -0.25) is 0 Å². The van der Waals surface area contributed by atoms with Crippen molar-refractivity contribution in [2.45, 2.75) is 88.4 Å². The van der Waals surface area contributed by atoms with E-state index in [2.05, 4.69) is 10.6 Å². The molecule has 3 aliphatic rings. The van der Waals surface area contributed by atoms with Gasteiger partial charge < -0.3 is 10.6 Å². The van der Waals surface area contributed by atoms with Crippen molar-refractivity contribution in [3.8, 4) is 0 Å². The summed E-state index contributed by atoms with van der Waals surface area (Å²) in [4.78, 5) is 0. The molecule has 2 heteroatoms. The van der Waals surface area contributed by atoms with E-state index in [0.29, 0.717) is 0 Å². The molecule has 2 bridgehead atoms. The predicted octanol–water partition coefficient (Wildman–Crippen LogP) is 2.58. The first-order chi connectivity index (χ1) is 7.90. The highest BCUT2D eigenvalue weighted by Crippen LogP contribution is 2.28. The van der Waals surface area contributed by atoms with E-state index in [1.807, 2.05) is 0 Å². The quantitative estimate of drug-likeness (QED) is 0.702. The van der Waals surface area contributed by atoms with Gasteiger partial charge in [0.1, 0.15) is 0 Å². The number of nitrogens with one attached hydrogen (secondary N) is 2. The Kier molecular flexibility index (Phi) is 3.49. The third-order valence-electron chi connectivity index (χ3n) is 4.80. The maximum absolute atomic E-state index is 3.96. The first kappa shape index (κ1) is 11.0. The van der Waals surface area contributed by atoms with Crippen molar-refractivity contribution in [3.05, 3.63) is 0 Å². The molecular formula is C14H26N2. The van der Waals surface area contributed by atoms with Gasteiger partial charge in [-0.2, -0.15) is 0 Å². The third kappa shape index (κ3) is 2.60. The Balaban J connectivity index is 1.50. The van der Waals surface area contributed by atoms with Crippen LogP contribution < -0.4 is 10.6 Å². The van der Waals surface area contributed by atoms with Crippen molar-refractivity contribution in [3.63, 3.8) is 0 Å². The second-order valence-electron chi connectivity index (χ2n) is 6.16. The molecule has 0 spiro atoms. The molecular weight excluding hydrogens is 196 g/mol. The second kappa shape index (κ2) is 5.05. The minimum absolute atomic E-state index is 0.821. The summed E-state index contributed by atoms with van der Waals surface area (Å²) in [5, 5.41) is 7.69. The lowest BCUT2D eigenvalue weighted by Crippen LogP contribution is -2.49. The molecule has 2 nitrogen and oxygen atoms in total. The number of fused-ring (bicyclic) bond motifs is 2. The van der Waals surface area contributed by atoms with Crippen molar-refractivity contribution >= 4 is 0 Å². The summed E-state index contributed by atoms with van der Waals surface area (Å²) in [6, 6.07) is 3.33. The highest BCUT2D eigenvalue weighted by Gasteiger charge is 2.33. The molecule has 1 aliphatic carbocycles. The van der Waals surface area contributed by atoms with Gasteiger partial charge in [-0.1, -0.05) is 25.7 Å². The molecule has 92 valence electrons. The Morgan fingerprint density at radius 3 is 1.94 bits per heavy atom. The lowest BCUT2D eigenvalue weighted by molar-refractivity contribution is 0.283. The Morgan fingerprint density at radius 1 is 0.688 bits per heavy atom. The van der Waals surface area contributed by atoms with Gasteiger partial charge in [0, 0.05) is 24.2 Å². The number of hydrogen-bond acceptors (Lipinski definition) is 2. The van der Waals surface area contributed by atoms with Gasteiger partial charge in [-0.15, -0.1) is 0 Å². The highest BCUT2D eigenvalue weighted by molar-refractivity contribution is 4.95. The van der Waals surface area contributed by atoms with Gasteiger partial charge in [-0.25, -0.2) is 0 Å². The maximum Gasteiger partial charge on any atom is 0.00992 e. The van der Waals surface area contributed by atoms with Crippen molar-refractivity contribution in [1.82, 2.24) is 10.6 Å². The van der Waals surface area contributed by atoms with Crippen LogP contribution in [0.3, 0.4) is 0 Å². The van der Waals surface area contributed by atoms with Crippen molar-refractivity contribution in [2.24, 2.45) is 0 Å². The van der Waals surface area contributed by atoms with E-state index in [1.165, 1.54) is 64.2 Å².